The number of rotatable bonds is 5. The summed E-state index contributed by atoms with van der Waals surface area (Å²) >= 11 is 0. The van der Waals surface area contributed by atoms with E-state index in [9.17, 15) is 0 Å². The molecule has 22 heavy (non-hydrogen) atoms. The van der Waals surface area contributed by atoms with Crippen molar-refractivity contribution in [1.82, 2.24) is 4.90 Å². The molecule has 2 fully saturated rings. The molecular formula is C20H29NO. The van der Waals surface area contributed by atoms with Crippen molar-refractivity contribution in [3.8, 4) is 5.75 Å². The predicted octanol–water partition coefficient (Wildman–Crippen LogP) is 4.65. The molecule has 120 valence electrons. The molecule has 1 saturated heterocycles. The third kappa shape index (κ3) is 3.22. The van der Waals surface area contributed by atoms with Gasteiger partial charge in [0.1, 0.15) is 12.4 Å². The number of likely N-dealkylation sites (tertiary alicyclic amines) is 1. The van der Waals surface area contributed by atoms with E-state index in [4.69, 9.17) is 4.74 Å². The molecule has 2 nitrogen and oxygen atoms in total. The van der Waals surface area contributed by atoms with Gasteiger partial charge in [-0.1, -0.05) is 51.6 Å². The second kappa shape index (κ2) is 5.73. The average Bonchev–Trinajstić information content (AvgIpc) is 2.66. The second-order valence-corrected chi connectivity index (χ2v) is 8.33. The number of para-hydroxylation sites is 1. The summed E-state index contributed by atoms with van der Waals surface area (Å²) < 4.78 is 5.83. The van der Waals surface area contributed by atoms with Gasteiger partial charge in [-0.25, -0.2) is 0 Å². The van der Waals surface area contributed by atoms with E-state index in [0.29, 0.717) is 17.4 Å². The Labute approximate surface area is 135 Å². The highest BCUT2D eigenvalue weighted by Gasteiger charge is 2.49. The third-order valence-corrected chi connectivity index (χ3v) is 5.23. The first-order valence-corrected chi connectivity index (χ1v) is 8.47. The van der Waals surface area contributed by atoms with Crippen molar-refractivity contribution in [3.63, 3.8) is 0 Å². The van der Waals surface area contributed by atoms with Crippen LogP contribution in [0.25, 0.3) is 0 Å². The smallest absolute Gasteiger partial charge is 0.124 e. The summed E-state index contributed by atoms with van der Waals surface area (Å²) in [5.74, 6) is 1.01. The standard InChI is InChI=1S/C20H29NO/c1-5-10-22-18-9-7-6-8-16(18)13-21-15-20(4)12-17(21)11-19(2,3)14-20/h5-9,17H,1,10-15H2,2-4H3/t17-,20-/m1/s1. The van der Waals surface area contributed by atoms with Crippen LogP contribution in [0.1, 0.15) is 45.6 Å². The van der Waals surface area contributed by atoms with E-state index < -0.39 is 0 Å². The summed E-state index contributed by atoms with van der Waals surface area (Å²) in [7, 11) is 0. The normalized spacial score (nSPS) is 30.2. The van der Waals surface area contributed by atoms with Crippen LogP contribution in [-0.2, 0) is 6.54 Å². The number of nitrogens with zero attached hydrogens (tertiary/aromatic N) is 1. The summed E-state index contributed by atoms with van der Waals surface area (Å²) in [5.41, 5.74) is 2.27. The molecule has 0 aromatic heterocycles. The van der Waals surface area contributed by atoms with Crippen molar-refractivity contribution in [2.75, 3.05) is 13.2 Å². The number of hydrogen-bond donors (Lipinski definition) is 0. The molecule has 3 rings (SSSR count). The first-order chi connectivity index (χ1) is 10.4. The van der Waals surface area contributed by atoms with Gasteiger partial charge >= 0.3 is 0 Å². The monoisotopic (exact) mass is 299 g/mol. The lowest BCUT2D eigenvalue weighted by Gasteiger charge is -2.40. The lowest BCUT2D eigenvalue weighted by Crippen LogP contribution is -2.34. The molecule has 2 aliphatic rings. The van der Waals surface area contributed by atoms with Crippen molar-refractivity contribution in [2.24, 2.45) is 10.8 Å². The molecule has 1 aromatic carbocycles. The Morgan fingerprint density at radius 3 is 2.82 bits per heavy atom. The van der Waals surface area contributed by atoms with Crippen molar-refractivity contribution in [2.45, 2.75) is 52.6 Å². The SMILES string of the molecule is C=CCOc1ccccc1CN1C[C@]2(C)C[C@H]1CC(C)(C)C2. The molecule has 1 heterocycles. The van der Waals surface area contributed by atoms with Crippen LogP contribution in [0.4, 0.5) is 0 Å². The van der Waals surface area contributed by atoms with Crippen molar-refractivity contribution < 1.29 is 4.74 Å². The minimum atomic E-state index is 0.477. The quantitative estimate of drug-likeness (QED) is 0.734. The molecule has 1 aliphatic heterocycles. The van der Waals surface area contributed by atoms with Crippen LogP contribution in [-0.4, -0.2) is 24.1 Å². The average molecular weight is 299 g/mol. The van der Waals surface area contributed by atoms with Gasteiger partial charge in [-0.05, 0) is 36.2 Å². The van der Waals surface area contributed by atoms with Crippen LogP contribution in [0, 0.1) is 10.8 Å². The fraction of sp³-hybridized carbons (Fsp3) is 0.600. The van der Waals surface area contributed by atoms with Crippen LogP contribution >= 0.6 is 0 Å². The zero-order chi connectivity index (χ0) is 15.8. The molecule has 1 saturated carbocycles. The Morgan fingerprint density at radius 2 is 2.05 bits per heavy atom. The number of ether oxygens (including phenoxy) is 1. The molecule has 0 N–H and O–H groups in total. The minimum Gasteiger partial charge on any atom is -0.489 e. The molecular weight excluding hydrogens is 270 g/mol. The maximum absolute atomic E-state index is 5.83. The maximum atomic E-state index is 5.83. The van der Waals surface area contributed by atoms with Crippen molar-refractivity contribution in [1.29, 1.82) is 0 Å². The van der Waals surface area contributed by atoms with Crippen LogP contribution < -0.4 is 4.74 Å². The van der Waals surface area contributed by atoms with Crippen LogP contribution in [0.2, 0.25) is 0 Å². The Morgan fingerprint density at radius 1 is 1.27 bits per heavy atom. The van der Waals surface area contributed by atoms with Gasteiger partial charge in [0.2, 0.25) is 0 Å². The van der Waals surface area contributed by atoms with Crippen LogP contribution in [0.5, 0.6) is 5.75 Å². The summed E-state index contributed by atoms with van der Waals surface area (Å²) in [6.45, 7) is 13.9. The highest BCUT2D eigenvalue weighted by Crippen LogP contribution is 2.52. The number of fused-ring (bicyclic) bond motifs is 2. The van der Waals surface area contributed by atoms with E-state index in [1.165, 1.54) is 31.4 Å². The summed E-state index contributed by atoms with van der Waals surface area (Å²) in [5, 5.41) is 0. The van der Waals surface area contributed by atoms with Crippen LogP contribution in [0.3, 0.4) is 0 Å². The lowest BCUT2D eigenvalue weighted by atomic mass is 9.65. The molecule has 2 atom stereocenters. The lowest BCUT2D eigenvalue weighted by molar-refractivity contribution is 0.126. The van der Waals surface area contributed by atoms with E-state index in [2.05, 4.69) is 56.5 Å². The van der Waals surface area contributed by atoms with Crippen molar-refractivity contribution in [3.05, 3.63) is 42.5 Å². The van der Waals surface area contributed by atoms with Gasteiger partial charge in [-0.15, -0.1) is 0 Å². The van der Waals surface area contributed by atoms with E-state index in [1.54, 1.807) is 0 Å². The van der Waals surface area contributed by atoms with E-state index >= 15 is 0 Å². The molecule has 1 aromatic rings. The van der Waals surface area contributed by atoms with E-state index in [0.717, 1.165) is 18.3 Å². The molecule has 2 bridgehead atoms. The first-order valence-electron chi connectivity index (χ1n) is 8.47. The summed E-state index contributed by atoms with van der Waals surface area (Å²) in [4.78, 5) is 2.69. The topological polar surface area (TPSA) is 12.5 Å². The molecule has 0 unspecified atom stereocenters. The van der Waals surface area contributed by atoms with Gasteiger partial charge in [0, 0.05) is 24.7 Å². The molecule has 0 amide bonds. The van der Waals surface area contributed by atoms with Crippen LogP contribution in [0.15, 0.2) is 36.9 Å². The maximum Gasteiger partial charge on any atom is 0.124 e. The fourth-order valence-corrected chi connectivity index (χ4v) is 4.90. The Balaban J connectivity index is 1.76. The highest BCUT2D eigenvalue weighted by atomic mass is 16.5. The Bertz CT molecular complexity index is 550. The van der Waals surface area contributed by atoms with E-state index in [-0.39, 0.29) is 0 Å². The highest BCUT2D eigenvalue weighted by molar-refractivity contribution is 5.33. The zero-order valence-corrected chi connectivity index (χ0v) is 14.3. The van der Waals surface area contributed by atoms with E-state index in [1.807, 2.05) is 6.08 Å². The number of hydrogen-bond acceptors (Lipinski definition) is 2. The molecule has 0 spiro atoms. The minimum absolute atomic E-state index is 0.477. The van der Waals surface area contributed by atoms with Crippen molar-refractivity contribution >= 4 is 0 Å². The molecule has 2 heteroatoms. The van der Waals surface area contributed by atoms with Gasteiger partial charge in [0.15, 0.2) is 0 Å². The van der Waals surface area contributed by atoms with Gasteiger partial charge in [0.05, 0.1) is 0 Å². The zero-order valence-electron chi connectivity index (χ0n) is 14.3. The molecule has 1 aliphatic carbocycles. The van der Waals surface area contributed by atoms with Gasteiger partial charge in [0.25, 0.3) is 0 Å². The fourth-order valence-electron chi connectivity index (χ4n) is 4.90. The van der Waals surface area contributed by atoms with Gasteiger partial charge < -0.3 is 4.74 Å². The number of benzene rings is 1. The second-order valence-electron chi connectivity index (χ2n) is 8.33. The third-order valence-electron chi connectivity index (χ3n) is 5.23. The largest absolute Gasteiger partial charge is 0.489 e. The van der Waals surface area contributed by atoms with Gasteiger partial charge in [-0.3, -0.25) is 4.90 Å². The Kier molecular flexibility index (Phi) is 4.07. The molecule has 0 radical (unpaired) electrons. The first kappa shape index (κ1) is 15.6. The summed E-state index contributed by atoms with van der Waals surface area (Å²) in [6, 6.07) is 9.17. The van der Waals surface area contributed by atoms with Gasteiger partial charge in [-0.2, -0.15) is 0 Å². The summed E-state index contributed by atoms with van der Waals surface area (Å²) in [6.07, 6.45) is 5.83. The predicted molar refractivity (Wildman–Crippen MR) is 92.1 cm³/mol. The Hall–Kier alpha value is -1.28.